The Morgan fingerprint density at radius 2 is 1.70 bits per heavy atom. The monoisotopic (exact) mass is 568 g/mol. The summed E-state index contributed by atoms with van der Waals surface area (Å²) in [6.45, 7) is 11.6. The summed E-state index contributed by atoms with van der Waals surface area (Å²) in [6, 6.07) is 6.80. The average molecular weight is 569 g/mol. The normalized spacial score (nSPS) is 11.6. The summed E-state index contributed by atoms with van der Waals surface area (Å²) >= 11 is 3.35. The molecule has 0 atom stereocenters. The van der Waals surface area contributed by atoms with E-state index in [4.69, 9.17) is 9.72 Å². The van der Waals surface area contributed by atoms with Crippen LogP contribution in [0.1, 0.15) is 49.0 Å². The van der Waals surface area contributed by atoms with Crippen molar-refractivity contribution in [3.05, 3.63) is 97.4 Å². The summed E-state index contributed by atoms with van der Waals surface area (Å²) in [7, 11) is 0. The largest absolute Gasteiger partial charge is 0.487 e. The number of aryl methyl sites for hydroxylation is 3. The van der Waals surface area contributed by atoms with Crippen LogP contribution in [0.5, 0.6) is 5.75 Å². The molecule has 4 rings (SSSR count). The highest BCUT2D eigenvalue weighted by atomic mass is 79.9. The summed E-state index contributed by atoms with van der Waals surface area (Å²) in [5, 5.41) is 0. The second-order valence-electron chi connectivity index (χ2n) is 9.96. The van der Waals surface area contributed by atoms with Gasteiger partial charge in [0.15, 0.2) is 0 Å². The summed E-state index contributed by atoms with van der Waals surface area (Å²) in [5.74, 6) is -0.418. The molecule has 0 spiro atoms. The fourth-order valence-electron chi connectivity index (χ4n) is 3.83. The summed E-state index contributed by atoms with van der Waals surface area (Å²) < 4.78 is 34.7. The second-order valence-corrected chi connectivity index (χ2v) is 10.8. The molecule has 1 aromatic carbocycles. The molecule has 0 bridgehead atoms. The standard InChI is InChI=1S/C28H27BrF2N4O2/c1-15-12-32-21(25-16(2)13-33-27(34-25)28(4,5)6)11-22(15)35-17(3)9-23(24(29)26(35)36)37-14-18-7-8-19(30)10-20(18)31/h7-13H,14H2,1-6H3. The maximum atomic E-state index is 14.0. The predicted octanol–water partition coefficient (Wildman–Crippen LogP) is 6.53. The van der Waals surface area contributed by atoms with Crippen LogP contribution in [-0.4, -0.2) is 19.5 Å². The van der Waals surface area contributed by atoms with Gasteiger partial charge in [-0.1, -0.05) is 20.8 Å². The molecule has 4 aromatic rings. The van der Waals surface area contributed by atoms with Crippen LogP contribution in [0, 0.1) is 32.4 Å². The Balaban J connectivity index is 1.75. The molecule has 0 N–H and O–H groups in total. The molecule has 0 saturated carbocycles. The Kier molecular flexibility index (Phi) is 7.28. The van der Waals surface area contributed by atoms with Crippen molar-refractivity contribution in [2.45, 2.75) is 53.6 Å². The Bertz CT molecular complexity index is 1560. The third-order valence-corrected chi connectivity index (χ3v) is 6.63. The fourth-order valence-corrected chi connectivity index (χ4v) is 4.23. The SMILES string of the molecule is Cc1cnc(-c2nc(C(C)(C)C)ncc2C)cc1-n1c(C)cc(OCc2ccc(F)cc2F)c(Br)c1=O. The van der Waals surface area contributed by atoms with E-state index in [-0.39, 0.29) is 33.4 Å². The lowest BCUT2D eigenvalue weighted by Crippen LogP contribution is -2.23. The van der Waals surface area contributed by atoms with Gasteiger partial charge in [0.2, 0.25) is 0 Å². The van der Waals surface area contributed by atoms with E-state index < -0.39 is 11.6 Å². The third-order valence-electron chi connectivity index (χ3n) is 5.90. The Morgan fingerprint density at radius 1 is 1.00 bits per heavy atom. The van der Waals surface area contributed by atoms with Gasteiger partial charge in [-0.3, -0.25) is 14.3 Å². The molecule has 6 nitrogen and oxygen atoms in total. The van der Waals surface area contributed by atoms with Gasteiger partial charge in [0.1, 0.15) is 34.3 Å². The van der Waals surface area contributed by atoms with Crippen molar-refractivity contribution >= 4 is 15.9 Å². The topological polar surface area (TPSA) is 69.9 Å². The van der Waals surface area contributed by atoms with Gasteiger partial charge < -0.3 is 4.74 Å². The van der Waals surface area contributed by atoms with Crippen molar-refractivity contribution in [1.29, 1.82) is 0 Å². The quantitative estimate of drug-likeness (QED) is 0.273. The molecular formula is C28H27BrF2N4O2. The number of hydrogen-bond donors (Lipinski definition) is 0. The first kappa shape index (κ1) is 26.6. The maximum absolute atomic E-state index is 14.0. The van der Waals surface area contributed by atoms with Gasteiger partial charge >= 0.3 is 0 Å². The average Bonchev–Trinajstić information content (AvgIpc) is 2.82. The zero-order chi connectivity index (χ0) is 27.1. The number of hydrogen-bond acceptors (Lipinski definition) is 5. The van der Waals surface area contributed by atoms with Crippen LogP contribution in [-0.2, 0) is 12.0 Å². The van der Waals surface area contributed by atoms with E-state index in [1.165, 1.54) is 6.07 Å². The lowest BCUT2D eigenvalue weighted by molar-refractivity contribution is 0.296. The molecule has 0 aliphatic rings. The van der Waals surface area contributed by atoms with Gasteiger partial charge in [0.05, 0.1) is 17.1 Å². The van der Waals surface area contributed by atoms with Crippen molar-refractivity contribution in [1.82, 2.24) is 19.5 Å². The first-order valence-electron chi connectivity index (χ1n) is 11.7. The van der Waals surface area contributed by atoms with Crippen molar-refractivity contribution in [2.24, 2.45) is 0 Å². The molecule has 0 unspecified atom stereocenters. The Morgan fingerprint density at radius 3 is 2.38 bits per heavy atom. The van der Waals surface area contributed by atoms with Gasteiger partial charge in [0.25, 0.3) is 5.56 Å². The van der Waals surface area contributed by atoms with E-state index in [0.717, 1.165) is 23.3 Å². The van der Waals surface area contributed by atoms with Crippen molar-refractivity contribution < 1.29 is 13.5 Å². The smallest absolute Gasteiger partial charge is 0.273 e. The number of halogens is 3. The zero-order valence-corrected chi connectivity index (χ0v) is 23.1. The zero-order valence-electron chi connectivity index (χ0n) is 21.5. The lowest BCUT2D eigenvalue weighted by Gasteiger charge is -2.19. The third kappa shape index (κ3) is 5.46. The molecule has 3 aromatic heterocycles. The predicted molar refractivity (Wildman–Crippen MR) is 142 cm³/mol. The summed E-state index contributed by atoms with van der Waals surface area (Å²) in [6.07, 6.45) is 3.50. The summed E-state index contributed by atoms with van der Waals surface area (Å²) in [4.78, 5) is 27.3. The minimum Gasteiger partial charge on any atom is -0.487 e. The molecule has 0 fully saturated rings. The van der Waals surface area contributed by atoms with Gasteiger partial charge in [-0.05, 0) is 66.0 Å². The molecule has 37 heavy (non-hydrogen) atoms. The number of aromatic nitrogens is 4. The van der Waals surface area contributed by atoms with Crippen molar-refractivity contribution in [3.63, 3.8) is 0 Å². The minimum absolute atomic E-state index is 0.158. The molecule has 0 radical (unpaired) electrons. The molecule has 192 valence electrons. The molecular weight excluding hydrogens is 542 g/mol. The summed E-state index contributed by atoms with van der Waals surface area (Å²) in [5.41, 5.74) is 3.86. The number of pyridine rings is 2. The number of ether oxygens (including phenoxy) is 1. The van der Waals surface area contributed by atoms with E-state index in [2.05, 4.69) is 25.9 Å². The maximum Gasteiger partial charge on any atom is 0.273 e. The first-order chi connectivity index (χ1) is 17.4. The van der Waals surface area contributed by atoms with E-state index in [1.54, 1.807) is 30.0 Å². The van der Waals surface area contributed by atoms with Gasteiger partial charge in [-0.2, -0.15) is 0 Å². The number of benzene rings is 1. The highest BCUT2D eigenvalue weighted by molar-refractivity contribution is 9.10. The molecule has 3 heterocycles. The van der Waals surface area contributed by atoms with Crippen LogP contribution in [0.2, 0.25) is 0 Å². The number of rotatable bonds is 5. The van der Waals surface area contributed by atoms with E-state index in [0.29, 0.717) is 28.6 Å². The highest BCUT2D eigenvalue weighted by Crippen LogP contribution is 2.29. The molecule has 9 heteroatoms. The molecule has 0 aliphatic carbocycles. The number of nitrogens with zero attached hydrogens (tertiary/aromatic N) is 4. The molecule has 0 aliphatic heterocycles. The second kappa shape index (κ2) is 10.1. The lowest BCUT2D eigenvalue weighted by atomic mass is 9.95. The van der Waals surface area contributed by atoms with Crippen LogP contribution in [0.25, 0.3) is 17.1 Å². The first-order valence-corrected chi connectivity index (χ1v) is 12.5. The molecule has 0 saturated heterocycles. The Labute approximate surface area is 222 Å². The van der Waals surface area contributed by atoms with Crippen LogP contribution in [0.4, 0.5) is 8.78 Å². The van der Waals surface area contributed by atoms with Crippen LogP contribution >= 0.6 is 15.9 Å². The van der Waals surface area contributed by atoms with Gasteiger partial charge in [-0.25, -0.2) is 18.7 Å². The molecule has 0 amide bonds. The van der Waals surface area contributed by atoms with Crippen LogP contribution in [0.15, 0.2) is 52.0 Å². The van der Waals surface area contributed by atoms with Crippen LogP contribution in [0.3, 0.4) is 0 Å². The Hall–Kier alpha value is -3.46. The minimum atomic E-state index is -0.712. The van der Waals surface area contributed by atoms with E-state index in [1.807, 2.05) is 40.7 Å². The van der Waals surface area contributed by atoms with Gasteiger partial charge in [0, 0.05) is 41.2 Å². The van der Waals surface area contributed by atoms with E-state index >= 15 is 0 Å². The fraction of sp³-hybridized carbons (Fsp3) is 0.286. The van der Waals surface area contributed by atoms with Crippen molar-refractivity contribution in [2.75, 3.05) is 0 Å². The van der Waals surface area contributed by atoms with Crippen molar-refractivity contribution in [3.8, 4) is 22.8 Å². The highest BCUT2D eigenvalue weighted by Gasteiger charge is 2.21. The van der Waals surface area contributed by atoms with Crippen LogP contribution < -0.4 is 10.3 Å². The van der Waals surface area contributed by atoms with Gasteiger partial charge in [-0.15, -0.1) is 0 Å². The van der Waals surface area contributed by atoms with E-state index in [9.17, 15) is 13.6 Å².